The lowest BCUT2D eigenvalue weighted by Crippen LogP contribution is -2.30. The van der Waals surface area contributed by atoms with Crippen molar-refractivity contribution in [3.05, 3.63) is 52.5 Å². The fraction of sp³-hybridized carbons (Fsp3) is 0.250. The molecule has 0 saturated carbocycles. The number of carbonyl (C=O) groups excluding carboxylic acids is 2. The van der Waals surface area contributed by atoms with Gasteiger partial charge in [-0.15, -0.1) is 0 Å². The lowest BCUT2D eigenvalue weighted by atomic mass is 10.2. The number of ether oxygens (including phenoxy) is 3. The van der Waals surface area contributed by atoms with Gasteiger partial charge >= 0.3 is 5.97 Å². The lowest BCUT2D eigenvalue weighted by Gasteiger charge is -2.15. The number of esters is 1. The maximum absolute atomic E-state index is 12.4. The molecular formula is C20H17ClN2O5. The van der Waals surface area contributed by atoms with Crippen LogP contribution >= 0.6 is 11.6 Å². The molecule has 0 saturated heterocycles. The van der Waals surface area contributed by atoms with Crippen molar-refractivity contribution in [2.75, 3.05) is 18.5 Å². The topological polar surface area (TPSA) is 97.7 Å². The second-order valence-corrected chi connectivity index (χ2v) is 6.44. The molecule has 144 valence electrons. The number of rotatable bonds is 4. The minimum absolute atomic E-state index is 0.145. The van der Waals surface area contributed by atoms with Gasteiger partial charge in [-0.2, -0.15) is 5.26 Å². The van der Waals surface area contributed by atoms with Gasteiger partial charge in [-0.25, -0.2) is 4.79 Å². The summed E-state index contributed by atoms with van der Waals surface area (Å²) in [7, 11) is 0. The van der Waals surface area contributed by atoms with Gasteiger partial charge < -0.3 is 19.5 Å². The van der Waals surface area contributed by atoms with E-state index < -0.39 is 18.0 Å². The molecule has 3 rings (SSSR count). The lowest BCUT2D eigenvalue weighted by molar-refractivity contribution is -0.123. The molecule has 0 unspecified atom stereocenters. The highest BCUT2D eigenvalue weighted by Gasteiger charge is 2.23. The smallest absolute Gasteiger partial charge is 0.339 e. The molecule has 1 aliphatic heterocycles. The van der Waals surface area contributed by atoms with E-state index in [9.17, 15) is 9.59 Å². The van der Waals surface area contributed by atoms with Crippen LogP contribution in [0.25, 0.3) is 0 Å². The molecule has 1 aliphatic rings. The zero-order valence-electron chi connectivity index (χ0n) is 15.0. The normalized spacial score (nSPS) is 13.6. The van der Waals surface area contributed by atoms with Crippen LogP contribution in [0.3, 0.4) is 0 Å². The molecule has 0 radical (unpaired) electrons. The van der Waals surface area contributed by atoms with Gasteiger partial charge in [-0.3, -0.25) is 4.79 Å². The van der Waals surface area contributed by atoms with Crippen LogP contribution in [0.15, 0.2) is 36.4 Å². The van der Waals surface area contributed by atoms with E-state index in [0.717, 1.165) is 0 Å². The predicted molar refractivity (Wildman–Crippen MR) is 102 cm³/mol. The monoisotopic (exact) mass is 400 g/mol. The second kappa shape index (κ2) is 8.63. The molecule has 1 atom stereocenters. The van der Waals surface area contributed by atoms with E-state index in [1.165, 1.54) is 19.1 Å². The van der Waals surface area contributed by atoms with Crippen molar-refractivity contribution in [3.8, 4) is 17.6 Å². The summed E-state index contributed by atoms with van der Waals surface area (Å²) in [5.41, 5.74) is 0.798. The first-order chi connectivity index (χ1) is 13.5. The molecule has 1 amide bonds. The van der Waals surface area contributed by atoms with E-state index in [2.05, 4.69) is 5.32 Å². The predicted octanol–water partition coefficient (Wildman–Crippen LogP) is 3.56. The Bertz CT molecular complexity index is 954. The number of nitriles is 1. The van der Waals surface area contributed by atoms with Crippen molar-refractivity contribution in [1.29, 1.82) is 5.26 Å². The van der Waals surface area contributed by atoms with E-state index in [4.69, 9.17) is 31.1 Å². The van der Waals surface area contributed by atoms with E-state index in [1.54, 1.807) is 24.3 Å². The third-order valence-corrected chi connectivity index (χ3v) is 4.28. The minimum atomic E-state index is -1.09. The first-order valence-electron chi connectivity index (χ1n) is 8.59. The molecule has 0 aromatic heterocycles. The quantitative estimate of drug-likeness (QED) is 0.788. The van der Waals surface area contributed by atoms with Crippen molar-refractivity contribution in [2.24, 2.45) is 0 Å². The van der Waals surface area contributed by atoms with Gasteiger partial charge in [0.1, 0.15) is 6.07 Å². The Morgan fingerprint density at radius 1 is 1.25 bits per heavy atom. The highest BCUT2D eigenvalue weighted by atomic mass is 35.5. The summed E-state index contributed by atoms with van der Waals surface area (Å²) in [6.07, 6.45) is -0.388. The van der Waals surface area contributed by atoms with Gasteiger partial charge in [0.2, 0.25) is 0 Å². The number of amides is 1. The van der Waals surface area contributed by atoms with Gasteiger partial charge in [-0.05, 0) is 31.2 Å². The summed E-state index contributed by atoms with van der Waals surface area (Å²) >= 11 is 6.18. The van der Waals surface area contributed by atoms with Crippen LogP contribution in [0.5, 0.6) is 11.5 Å². The van der Waals surface area contributed by atoms with Crippen LogP contribution in [0.4, 0.5) is 5.69 Å². The van der Waals surface area contributed by atoms with Gasteiger partial charge in [0.15, 0.2) is 17.6 Å². The Labute approximate surface area is 166 Å². The first kappa shape index (κ1) is 19.5. The van der Waals surface area contributed by atoms with Gasteiger partial charge in [-0.1, -0.05) is 23.7 Å². The molecule has 0 spiro atoms. The molecule has 2 aromatic carbocycles. The van der Waals surface area contributed by atoms with E-state index in [-0.39, 0.29) is 10.6 Å². The number of halogens is 1. The second-order valence-electron chi connectivity index (χ2n) is 6.03. The molecule has 0 fully saturated rings. The number of hydrogen-bond donors (Lipinski definition) is 1. The number of carbonyl (C=O) groups is 2. The van der Waals surface area contributed by atoms with Crippen LogP contribution in [-0.4, -0.2) is 31.2 Å². The number of anilines is 1. The molecule has 1 heterocycles. The van der Waals surface area contributed by atoms with Gasteiger partial charge in [0.25, 0.3) is 5.91 Å². The molecule has 0 bridgehead atoms. The van der Waals surface area contributed by atoms with E-state index >= 15 is 0 Å². The van der Waals surface area contributed by atoms with Gasteiger partial charge in [0.05, 0.1) is 35.1 Å². The molecule has 28 heavy (non-hydrogen) atoms. The third kappa shape index (κ3) is 4.35. The molecule has 0 aliphatic carbocycles. The number of nitrogens with one attached hydrogen (secondary N) is 1. The Morgan fingerprint density at radius 2 is 2.00 bits per heavy atom. The highest BCUT2D eigenvalue weighted by molar-refractivity contribution is 6.32. The largest absolute Gasteiger partial charge is 0.489 e. The molecular weight excluding hydrogens is 384 g/mol. The number of para-hydroxylation sites is 1. The van der Waals surface area contributed by atoms with Crippen molar-refractivity contribution < 1.29 is 23.8 Å². The maximum Gasteiger partial charge on any atom is 0.339 e. The summed E-state index contributed by atoms with van der Waals surface area (Å²) < 4.78 is 16.3. The summed E-state index contributed by atoms with van der Waals surface area (Å²) in [4.78, 5) is 24.8. The fourth-order valence-corrected chi connectivity index (χ4v) is 2.82. The van der Waals surface area contributed by atoms with Crippen LogP contribution in [0.2, 0.25) is 5.02 Å². The summed E-state index contributed by atoms with van der Waals surface area (Å²) in [5.74, 6) is -0.545. The Kier molecular flexibility index (Phi) is 6.02. The van der Waals surface area contributed by atoms with E-state index in [0.29, 0.717) is 42.4 Å². The zero-order chi connectivity index (χ0) is 20.1. The Morgan fingerprint density at radius 3 is 2.79 bits per heavy atom. The van der Waals surface area contributed by atoms with Crippen LogP contribution in [0, 0.1) is 11.3 Å². The standard InChI is InChI=1S/C20H17ClN2O5/c1-12(19(24)23-16-6-3-2-5-13(16)11-22)28-20(25)14-9-15(21)18-17(10-14)26-7-4-8-27-18/h2-3,5-6,9-10,12H,4,7-8H2,1H3,(H,23,24)/t12-/m0/s1. The average molecular weight is 401 g/mol. The SMILES string of the molecule is C[C@H](OC(=O)c1cc(Cl)c2c(c1)OCCCO2)C(=O)Nc1ccccc1C#N. The summed E-state index contributed by atoms with van der Waals surface area (Å²) in [5, 5.41) is 11.9. The molecule has 1 N–H and O–H groups in total. The Balaban J connectivity index is 1.70. The van der Waals surface area contributed by atoms with Crippen LogP contribution < -0.4 is 14.8 Å². The average Bonchev–Trinajstić information content (AvgIpc) is 2.94. The number of benzene rings is 2. The van der Waals surface area contributed by atoms with Crippen LogP contribution in [0.1, 0.15) is 29.3 Å². The third-order valence-electron chi connectivity index (χ3n) is 4.00. The molecule has 7 nitrogen and oxygen atoms in total. The Hall–Kier alpha value is -3.24. The fourth-order valence-electron chi connectivity index (χ4n) is 2.55. The van der Waals surface area contributed by atoms with Crippen molar-refractivity contribution in [1.82, 2.24) is 0 Å². The number of nitrogens with zero attached hydrogens (tertiary/aromatic N) is 1. The number of hydrogen-bond acceptors (Lipinski definition) is 6. The van der Waals surface area contributed by atoms with Crippen LogP contribution in [-0.2, 0) is 9.53 Å². The van der Waals surface area contributed by atoms with Crippen molar-refractivity contribution in [2.45, 2.75) is 19.4 Å². The van der Waals surface area contributed by atoms with E-state index in [1.807, 2.05) is 6.07 Å². The van der Waals surface area contributed by atoms with Crippen molar-refractivity contribution in [3.63, 3.8) is 0 Å². The summed E-state index contributed by atoms with van der Waals surface area (Å²) in [6, 6.07) is 11.4. The minimum Gasteiger partial charge on any atom is -0.489 e. The van der Waals surface area contributed by atoms with Gasteiger partial charge in [0, 0.05) is 6.42 Å². The first-order valence-corrected chi connectivity index (χ1v) is 8.97. The molecule has 8 heteroatoms. The zero-order valence-corrected chi connectivity index (χ0v) is 15.8. The number of fused-ring (bicyclic) bond motifs is 1. The molecule has 2 aromatic rings. The highest BCUT2D eigenvalue weighted by Crippen LogP contribution is 2.38. The van der Waals surface area contributed by atoms with Crippen molar-refractivity contribution >= 4 is 29.2 Å². The summed E-state index contributed by atoms with van der Waals surface area (Å²) in [6.45, 7) is 2.35. The maximum atomic E-state index is 12.4.